The molecule has 2 aromatic rings. The van der Waals surface area contributed by atoms with Gasteiger partial charge in [0.25, 0.3) is 0 Å². The highest BCUT2D eigenvalue weighted by molar-refractivity contribution is 5.40. The molecule has 0 saturated heterocycles. The van der Waals surface area contributed by atoms with Gasteiger partial charge in [-0.15, -0.1) is 0 Å². The molecule has 0 aliphatic heterocycles. The fourth-order valence-electron chi connectivity index (χ4n) is 2.75. The van der Waals surface area contributed by atoms with Gasteiger partial charge in [0.15, 0.2) is 0 Å². The number of aromatic nitrogens is 2. The van der Waals surface area contributed by atoms with Gasteiger partial charge in [0.2, 0.25) is 0 Å². The molecule has 0 bridgehead atoms. The second-order valence-electron chi connectivity index (χ2n) is 4.81. The zero-order valence-electron chi connectivity index (χ0n) is 10.5. The average molecular weight is 239 g/mol. The summed E-state index contributed by atoms with van der Waals surface area (Å²) in [4.78, 5) is 8.32. The summed E-state index contributed by atoms with van der Waals surface area (Å²) in [6.07, 6.45) is 5.72. The average Bonchev–Trinajstić information content (AvgIpc) is 2.41. The fraction of sp³-hybridized carbons (Fsp3) is 0.333. The van der Waals surface area contributed by atoms with Gasteiger partial charge in [0, 0.05) is 12.2 Å². The van der Waals surface area contributed by atoms with E-state index >= 15 is 0 Å². The van der Waals surface area contributed by atoms with Crippen molar-refractivity contribution in [2.75, 3.05) is 7.05 Å². The van der Waals surface area contributed by atoms with E-state index in [-0.39, 0.29) is 0 Å². The molecule has 0 spiro atoms. The number of benzene rings is 1. The second-order valence-corrected chi connectivity index (χ2v) is 4.81. The highest BCUT2D eigenvalue weighted by Crippen LogP contribution is 2.40. The molecule has 3 nitrogen and oxygen atoms in total. The van der Waals surface area contributed by atoms with Crippen molar-refractivity contribution < 1.29 is 0 Å². The molecule has 3 rings (SSSR count). The number of rotatable bonds is 4. The molecule has 1 heterocycles. The van der Waals surface area contributed by atoms with Crippen LogP contribution in [-0.2, 0) is 6.42 Å². The molecule has 18 heavy (non-hydrogen) atoms. The lowest BCUT2D eigenvalue weighted by Gasteiger charge is -2.32. The van der Waals surface area contributed by atoms with E-state index in [1.54, 1.807) is 12.5 Å². The van der Waals surface area contributed by atoms with Gasteiger partial charge < -0.3 is 5.32 Å². The SMILES string of the molecule is CNC(CC1Cc2ccccc21)c1ccncn1. The van der Waals surface area contributed by atoms with Crippen LogP contribution in [0, 0.1) is 0 Å². The first-order valence-electron chi connectivity index (χ1n) is 6.39. The highest BCUT2D eigenvalue weighted by Gasteiger charge is 2.28. The zero-order valence-corrected chi connectivity index (χ0v) is 10.5. The van der Waals surface area contributed by atoms with Crippen LogP contribution in [0.2, 0.25) is 0 Å². The van der Waals surface area contributed by atoms with Crippen molar-refractivity contribution >= 4 is 0 Å². The molecular formula is C15H17N3. The zero-order chi connectivity index (χ0) is 12.4. The fourth-order valence-corrected chi connectivity index (χ4v) is 2.75. The molecule has 0 saturated carbocycles. The molecule has 3 heteroatoms. The van der Waals surface area contributed by atoms with E-state index in [0.29, 0.717) is 12.0 Å². The van der Waals surface area contributed by atoms with Crippen LogP contribution in [-0.4, -0.2) is 17.0 Å². The Morgan fingerprint density at radius 3 is 2.94 bits per heavy atom. The van der Waals surface area contributed by atoms with Crippen molar-refractivity contribution in [3.63, 3.8) is 0 Å². The standard InChI is InChI=1S/C15H17N3/c1-16-15(14-6-7-17-10-18-14)9-12-8-11-4-2-3-5-13(11)12/h2-7,10,12,15-16H,8-9H2,1H3. The number of nitrogens with one attached hydrogen (secondary N) is 1. The van der Waals surface area contributed by atoms with Gasteiger partial charge in [-0.05, 0) is 43.0 Å². The summed E-state index contributed by atoms with van der Waals surface area (Å²) in [6, 6.07) is 11.0. The van der Waals surface area contributed by atoms with Crippen LogP contribution in [0.5, 0.6) is 0 Å². The van der Waals surface area contributed by atoms with E-state index in [1.807, 2.05) is 13.1 Å². The van der Waals surface area contributed by atoms with E-state index in [1.165, 1.54) is 17.5 Å². The smallest absolute Gasteiger partial charge is 0.115 e. The second kappa shape index (κ2) is 4.86. The van der Waals surface area contributed by atoms with Crippen LogP contribution in [0.15, 0.2) is 42.9 Å². The number of hydrogen-bond donors (Lipinski definition) is 1. The third kappa shape index (κ3) is 2.02. The molecule has 0 amide bonds. The van der Waals surface area contributed by atoms with Crippen LogP contribution >= 0.6 is 0 Å². The molecule has 1 aromatic heterocycles. The van der Waals surface area contributed by atoms with Gasteiger partial charge >= 0.3 is 0 Å². The van der Waals surface area contributed by atoms with E-state index < -0.39 is 0 Å². The largest absolute Gasteiger partial charge is 0.312 e. The summed E-state index contributed by atoms with van der Waals surface area (Å²) in [5.41, 5.74) is 4.09. The Hall–Kier alpha value is -1.74. The van der Waals surface area contributed by atoms with E-state index in [9.17, 15) is 0 Å². The predicted molar refractivity (Wildman–Crippen MR) is 71.3 cm³/mol. The molecule has 1 aromatic carbocycles. The molecule has 1 aliphatic carbocycles. The molecule has 1 N–H and O–H groups in total. The maximum absolute atomic E-state index is 4.34. The topological polar surface area (TPSA) is 37.8 Å². The number of fused-ring (bicyclic) bond motifs is 1. The quantitative estimate of drug-likeness (QED) is 0.890. The molecule has 0 radical (unpaired) electrons. The third-order valence-electron chi connectivity index (χ3n) is 3.79. The van der Waals surface area contributed by atoms with Gasteiger partial charge in [-0.2, -0.15) is 0 Å². The van der Waals surface area contributed by atoms with Gasteiger partial charge in [0.1, 0.15) is 6.33 Å². The molecule has 2 atom stereocenters. The lowest BCUT2D eigenvalue weighted by molar-refractivity contribution is 0.444. The summed E-state index contributed by atoms with van der Waals surface area (Å²) in [7, 11) is 2.00. The minimum atomic E-state index is 0.311. The Morgan fingerprint density at radius 1 is 1.33 bits per heavy atom. The van der Waals surface area contributed by atoms with Crippen molar-refractivity contribution in [3.8, 4) is 0 Å². The molecular weight excluding hydrogens is 222 g/mol. The molecule has 0 fully saturated rings. The van der Waals surface area contributed by atoms with E-state index in [4.69, 9.17) is 0 Å². The first kappa shape index (κ1) is 11.4. The van der Waals surface area contributed by atoms with Crippen molar-refractivity contribution in [1.29, 1.82) is 0 Å². The third-order valence-corrected chi connectivity index (χ3v) is 3.79. The Morgan fingerprint density at radius 2 is 2.22 bits per heavy atom. The Kier molecular flexibility index (Phi) is 3.07. The van der Waals surface area contributed by atoms with Crippen molar-refractivity contribution in [2.45, 2.75) is 24.8 Å². The summed E-state index contributed by atoms with van der Waals surface area (Å²) in [5.74, 6) is 0.661. The first-order valence-corrected chi connectivity index (χ1v) is 6.39. The van der Waals surface area contributed by atoms with Crippen LogP contribution in [0.25, 0.3) is 0 Å². The van der Waals surface area contributed by atoms with Crippen LogP contribution in [0.4, 0.5) is 0 Å². The van der Waals surface area contributed by atoms with Gasteiger partial charge in [-0.1, -0.05) is 24.3 Å². The van der Waals surface area contributed by atoms with Crippen LogP contribution in [0.1, 0.15) is 35.2 Å². The van der Waals surface area contributed by atoms with Crippen molar-refractivity contribution in [3.05, 3.63) is 59.7 Å². The van der Waals surface area contributed by atoms with Gasteiger partial charge in [-0.25, -0.2) is 9.97 Å². The summed E-state index contributed by atoms with van der Waals surface area (Å²) in [6.45, 7) is 0. The lowest BCUT2D eigenvalue weighted by atomic mass is 9.74. The van der Waals surface area contributed by atoms with Gasteiger partial charge in [-0.3, -0.25) is 0 Å². The van der Waals surface area contributed by atoms with Crippen LogP contribution < -0.4 is 5.32 Å². The Bertz CT molecular complexity index is 524. The monoisotopic (exact) mass is 239 g/mol. The Balaban J connectivity index is 1.74. The maximum Gasteiger partial charge on any atom is 0.115 e. The van der Waals surface area contributed by atoms with Gasteiger partial charge in [0.05, 0.1) is 5.69 Å². The lowest BCUT2D eigenvalue weighted by Crippen LogP contribution is -2.25. The summed E-state index contributed by atoms with van der Waals surface area (Å²) < 4.78 is 0. The number of nitrogens with zero attached hydrogens (tertiary/aromatic N) is 2. The molecule has 1 aliphatic rings. The summed E-state index contributed by atoms with van der Waals surface area (Å²) >= 11 is 0. The van der Waals surface area contributed by atoms with Crippen molar-refractivity contribution in [1.82, 2.24) is 15.3 Å². The van der Waals surface area contributed by atoms with Crippen molar-refractivity contribution in [2.24, 2.45) is 0 Å². The molecule has 2 unspecified atom stereocenters. The Labute approximate surface area is 107 Å². The minimum absolute atomic E-state index is 0.311. The maximum atomic E-state index is 4.34. The minimum Gasteiger partial charge on any atom is -0.312 e. The predicted octanol–water partition coefficient (Wildman–Crippen LogP) is 2.47. The first-order chi connectivity index (χ1) is 8.88. The highest BCUT2D eigenvalue weighted by atomic mass is 14.9. The summed E-state index contributed by atoms with van der Waals surface area (Å²) in [5, 5.41) is 3.36. The van der Waals surface area contributed by atoms with Crippen LogP contribution in [0.3, 0.4) is 0 Å². The normalized spacial score (nSPS) is 18.8. The van der Waals surface area contributed by atoms with E-state index in [0.717, 1.165) is 12.1 Å². The van der Waals surface area contributed by atoms with E-state index in [2.05, 4.69) is 39.6 Å². The number of hydrogen-bond acceptors (Lipinski definition) is 3. The molecule has 92 valence electrons.